The number of hydrogen-bond donors (Lipinski definition) is 1. The number of hydrogen-bond acceptors (Lipinski definition) is 3. The molecule has 1 atom stereocenters. The van der Waals surface area contributed by atoms with Crippen molar-refractivity contribution in [3.63, 3.8) is 0 Å². The molecule has 1 unspecified atom stereocenters. The molecule has 0 bridgehead atoms. The van der Waals surface area contributed by atoms with Gasteiger partial charge in [0.05, 0.1) is 6.10 Å². The minimum Gasteiger partial charge on any atom is -0.380 e. The predicted molar refractivity (Wildman–Crippen MR) is 62.0 cm³/mol. The highest BCUT2D eigenvalue weighted by Crippen LogP contribution is 2.08. The number of ether oxygens (including phenoxy) is 1. The second-order valence-corrected chi connectivity index (χ2v) is 4.22. The second kappa shape index (κ2) is 5.75. The number of aromatic nitrogens is 2. The normalized spacial score (nSPS) is 13.1. The van der Waals surface area contributed by atoms with Crippen molar-refractivity contribution in [3.8, 4) is 0 Å². The van der Waals surface area contributed by atoms with Gasteiger partial charge in [0, 0.05) is 32.6 Å². The first-order valence-corrected chi connectivity index (χ1v) is 5.41. The van der Waals surface area contributed by atoms with Crippen molar-refractivity contribution >= 4 is 5.95 Å². The quantitative estimate of drug-likeness (QED) is 0.782. The van der Waals surface area contributed by atoms with E-state index in [1.165, 1.54) is 0 Å². The summed E-state index contributed by atoms with van der Waals surface area (Å²) in [5.41, 5.74) is 0. The van der Waals surface area contributed by atoms with Gasteiger partial charge < -0.3 is 14.6 Å². The summed E-state index contributed by atoms with van der Waals surface area (Å²) in [7, 11) is 1.72. The van der Waals surface area contributed by atoms with E-state index in [9.17, 15) is 0 Å². The van der Waals surface area contributed by atoms with Crippen LogP contribution in [-0.4, -0.2) is 29.3 Å². The molecule has 0 saturated heterocycles. The van der Waals surface area contributed by atoms with Gasteiger partial charge in [-0.25, -0.2) is 4.98 Å². The van der Waals surface area contributed by atoms with Crippen LogP contribution in [0.15, 0.2) is 12.4 Å². The molecule has 15 heavy (non-hydrogen) atoms. The third-order valence-corrected chi connectivity index (χ3v) is 2.23. The highest BCUT2D eigenvalue weighted by Gasteiger charge is 2.05. The zero-order valence-corrected chi connectivity index (χ0v) is 10.0. The number of rotatable bonds is 6. The molecular formula is C11H21N3O. The molecule has 0 aliphatic heterocycles. The van der Waals surface area contributed by atoms with E-state index in [2.05, 4.69) is 28.7 Å². The van der Waals surface area contributed by atoms with Crippen LogP contribution >= 0.6 is 0 Å². The Bertz CT molecular complexity index is 283. The highest BCUT2D eigenvalue weighted by molar-refractivity contribution is 5.25. The monoisotopic (exact) mass is 211 g/mol. The van der Waals surface area contributed by atoms with Gasteiger partial charge in [-0.2, -0.15) is 0 Å². The van der Waals surface area contributed by atoms with Crippen LogP contribution in [0, 0.1) is 5.92 Å². The number of nitrogens with zero attached hydrogens (tertiary/aromatic N) is 2. The first-order valence-electron chi connectivity index (χ1n) is 5.41. The molecule has 4 heteroatoms. The number of methoxy groups -OCH3 is 1. The van der Waals surface area contributed by atoms with Gasteiger partial charge >= 0.3 is 0 Å². The van der Waals surface area contributed by atoms with Crippen LogP contribution < -0.4 is 5.32 Å². The smallest absolute Gasteiger partial charge is 0.202 e. The molecule has 0 fully saturated rings. The fraction of sp³-hybridized carbons (Fsp3) is 0.727. The fourth-order valence-electron chi connectivity index (χ4n) is 1.34. The maximum absolute atomic E-state index is 5.17. The van der Waals surface area contributed by atoms with E-state index < -0.39 is 0 Å². The highest BCUT2D eigenvalue weighted by atomic mass is 16.5. The average molecular weight is 211 g/mol. The Labute approximate surface area is 91.7 Å². The number of anilines is 1. The van der Waals surface area contributed by atoms with Gasteiger partial charge in [-0.05, 0) is 12.8 Å². The Balaban J connectivity index is 2.49. The Morgan fingerprint density at radius 1 is 1.47 bits per heavy atom. The van der Waals surface area contributed by atoms with Crippen molar-refractivity contribution in [3.05, 3.63) is 12.4 Å². The summed E-state index contributed by atoms with van der Waals surface area (Å²) in [6.07, 6.45) is 4.02. The van der Waals surface area contributed by atoms with Crippen molar-refractivity contribution < 1.29 is 4.74 Å². The largest absolute Gasteiger partial charge is 0.380 e. The molecule has 1 rings (SSSR count). The van der Waals surface area contributed by atoms with Gasteiger partial charge in [0.1, 0.15) is 0 Å². The first kappa shape index (κ1) is 12.0. The minimum atomic E-state index is 0.203. The summed E-state index contributed by atoms with van der Waals surface area (Å²) in [5, 5.41) is 3.28. The van der Waals surface area contributed by atoms with Gasteiger partial charge in [0.15, 0.2) is 0 Å². The third kappa shape index (κ3) is 3.91. The zero-order chi connectivity index (χ0) is 11.3. The van der Waals surface area contributed by atoms with E-state index in [4.69, 9.17) is 4.74 Å². The summed E-state index contributed by atoms with van der Waals surface area (Å²) in [6.45, 7) is 8.20. The molecule has 0 aliphatic rings. The Morgan fingerprint density at radius 2 is 2.20 bits per heavy atom. The van der Waals surface area contributed by atoms with Gasteiger partial charge in [-0.15, -0.1) is 0 Å². The SMILES string of the molecule is COC(C)CNc1nccn1CC(C)C. The van der Waals surface area contributed by atoms with Gasteiger partial charge in [0.25, 0.3) is 0 Å². The molecule has 1 N–H and O–H groups in total. The Morgan fingerprint density at radius 3 is 2.80 bits per heavy atom. The van der Waals surface area contributed by atoms with E-state index in [-0.39, 0.29) is 6.10 Å². The minimum absolute atomic E-state index is 0.203. The molecule has 0 saturated carbocycles. The lowest BCUT2D eigenvalue weighted by atomic mass is 10.2. The average Bonchev–Trinajstić information content (AvgIpc) is 2.61. The zero-order valence-electron chi connectivity index (χ0n) is 10.0. The van der Waals surface area contributed by atoms with Crippen molar-refractivity contribution in [1.82, 2.24) is 9.55 Å². The lowest BCUT2D eigenvalue weighted by molar-refractivity contribution is 0.128. The van der Waals surface area contributed by atoms with Crippen LogP contribution in [0.1, 0.15) is 20.8 Å². The summed E-state index contributed by atoms with van der Waals surface area (Å²) in [4.78, 5) is 4.27. The fourth-order valence-corrected chi connectivity index (χ4v) is 1.34. The molecule has 1 aromatic rings. The van der Waals surface area contributed by atoms with Gasteiger partial charge in [-0.3, -0.25) is 0 Å². The van der Waals surface area contributed by atoms with Crippen molar-refractivity contribution in [2.24, 2.45) is 5.92 Å². The van der Waals surface area contributed by atoms with E-state index in [1.807, 2.05) is 19.3 Å². The van der Waals surface area contributed by atoms with E-state index in [0.717, 1.165) is 19.0 Å². The van der Waals surface area contributed by atoms with Gasteiger partial charge in [0.2, 0.25) is 5.95 Å². The number of nitrogens with one attached hydrogen (secondary N) is 1. The van der Waals surface area contributed by atoms with E-state index >= 15 is 0 Å². The topological polar surface area (TPSA) is 39.1 Å². The Kier molecular flexibility index (Phi) is 4.62. The summed E-state index contributed by atoms with van der Waals surface area (Å²) in [6, 6.07) is 0. The van der Waals surface area contributed by atoms with Crippen LogP contribution in [0.3, 0.4) is 0 Å². The molecule has 1 heterocycles. The molecule has 0 radical (unpaired) electrons. The molecule has 0 aromatic carbocycles. The van der Waals surface area contributed by atoms with E-state index in [1.54, 1.807) is 7.11 Å². The maximum atomic E-state index is 5.17. The molecule has 4 nitrogen and oxygen atoms in total. The first-order chi connectivity index (χ1) is 7.13. The summed E-state index contributed by atoms with van der Waals surface area (Å²) < 4.78 is 7.30. The lowest BCUT2D eigenvalue weighted by Crippen LogP contribution is -2.20. The predicted octanol–water partition coefficient (Wildman–Crippen LogP) is 1.99. The lowest BCUT2D eigenvalue weighted by Gasteiger charge is -2.14. The van der Waals surface area contributed by atoms with Crippen molar-refractivity contribution in [1.29, 1.82) is 0 Å². The van der Waals surface area contributed by atoms with Crippen LogP contribution in [0.2, 0.25) is 0 Å². The molecular weight excluding hydrogens is 190 g/mol. The van der Waals surface area contributed by atoms with Crippen molar-refractivity contribution in [2.45, 2.75) is 33.4 Å². The summed E-state index contributed by atoms with van der Waals surface area (Å²) in [5.74, 6) is 1.55. The maximum Gasteiger partial charge on any atom is 0.202 e. The molecule has 86 valence electrons. The number of imidazole rings is 1. The van der Waals surface area contributed by atoms with E-state index in [0.29, 0.717) is 5.92 Å². The third-order valence-electron chi connectivity index (χ3n) is 2.23. The second-order valence-electron chi connectivity index (χ2n) is 4.22. The molecule has 0 amide bonds. The van der Waals surface area contributed by atoms with Crippen LogP contribution in [0.5, 0.6) is 0 Å². The van der Waals surface area contributed by atoms with Gasteiger partial charge in [-0.1, -0.05) is 13.8 Å². The van der Waals surface area contributed by atoms with Crippen LogP contribution in [-0.2, 0) is 11.3 Å². The van der Waals surface area contributed by atoms with Crippen LogP contribution in [0.25, 0.3) is 0 Å². The summed E-state index contributed by atoms with van der Waals surface area (Å²) >= 11 is 0. The molecule has 0 aliphatic carbocycles. The van der Waals surface area contributed by atoms with Crippen molar-refractivity contribution in [2.75, 3.05) is 19.0 Å². The van der Waals surface area contributed by atoms with Crippen LogP contribution in [0.4, 0.5) is 5.95 Å². The molecule has 1 aromatic heterocycles. The molecule has 0 spiro atoms. The Hall–Kier alpha value is -1.03. The standard InChI is InChI=1S/C11H21N3O/c1-9(2)8-14-6-5-12-11(14)13-7-10(3)15-4/h5-6,9-10H,7-8H2,1-4H3,(H,12,13).